The Bertz CT molecular complexity index is 1280. The minimum absolute atomic E-state index is 0.226. The number of aryl methyl sites for hydroxylation is 2. The Hall–Kier alpha value is -2.72. The second-order valence-electron chi connectivity index (χ2n) is 9.02. The van der Waals surface area contributed by atoms with Crippen LogP contribution in [0.3, 0.4) is 0 Å². The van der Waals surface area contributed by atoms with Crippen molar-refractivity contribution in [1.82, 2.24) is 0 Å². The molecule has 4 nitrogen and oxygen atoms in total. The number of anilines is 2. The summed E-state index contributed by atoms with van der Waals surface area (Å²) in [6, 6.07) is 31.8. The molecule has 37 heavy (non-hydrogen) atoms. The van der Waals surface area contributed by atoms with Crippen LogP contribution in [-0.2, 0) is 22.7 Å². The van der Waals surface area contributed by atoms with E-state index in [1.165, 1.54) is 0 Å². The summed E-state index contributed by atoms with van der Waals surface area (Å²) >= 11 is 4.53. The van der Waals surface area contributed by atoms with Gasteiger partial charge in [0.05, 0.1) is 24.5 Å². The van der Waals surface area contributed by atoms with Gasteiger partial charge >= 0.3 is 0 Å². The number of halogens is 2. The van der Waals surface area contributed by atoms with E-state index in [9.17, 15) is 9.59 Å². The van der Waals surface area contributed by atoms with Crippen molar-refractivity contribution in [3.8, 4) is 0 Å². The molecule has 0 unspecified atom stereocenters. The summed E-state index contributed by atoms with van der Waals surface area (Å²) in [5.74, 6) is -0.452. The number of nitrogens with zero attached hydrogens (tertiary/aromatic N) is 2. The SMILES string of the molecule is Cc1ccc(N(Cc2ccccc2)C(=O)CC(=O)N(Cc2ccccc2)c2ccc(C)cc2I)c(I)c1. The molecule has 4 aromatic rings. The molecular weight excluding hydrogens is 686 g/mol. The summed E-state index contributed by atoms with van der Waals surface area (Å²) in [5.41, 5.74) is 5.89. The highest BCUT2D eigenvalue weighted by Gasteiger charge is 2.26. The number of rotatable bonds is 8. The topological polar surface area (TPSA) is 40.6 Å². The van der Waals surface area contributed by atoms with Crippen LogP contribution in [-0.4, -0.2) is 11.8 Å². The Balaban J connectivity index is 1.66. The molecule has 6 heteroatoms. The molecule has 0 aliphatic rings. The molecule has 188 valence electrons. The Morgan fingerprint density at radius 1 is 0.595 bits per heavy atom. The van der Waals surface area contributed by atoms with Crippen LogP contribution in [0.2, 0.25) is 0 Å². The Labute approximate surface area is 246 Å². The van der Waals surface area contributed by atoms with Gasteiger partial charge in [0.1, 0.15) is 6.42 Å². The van der Waals surface area contributed by atoms with Crippen LogP contribution in [0.15, 0.2) is 97.1 Å². The molecule has 0 N–H and O–H groups in total. The van der Waals surface area contributed by atoms with E-state index in [2.05, 4.69) is 57.3 Å². The molecule has 0 aliphatic carbocycles. The van der Waals surface area contributed by atoms with Crippen LogP contribution in [0.4, 0.5) is 11.4 Å². The zero-order valence-corrected chi connectivity index (χ0v) is 25.1. The minimum atomic E-state index is -0.229. The summed E-state index contributed by atoms with van der Waals surface area (Å²) in [5, 5.41) is 0. The first kappa shape index (κ1) is 27.3. The van der Waals surface area contributed by atoms with Crippen molar-refractivity contribution in [2.75, 3.05) is 9.80 Å². The maximum absolute atomic E-state index is 13.8. The molecule has 2 amide bonds. The smallest absolute Gasteiger partial charge is 0.236 e. The molecule has 0 saturated heterocycles. The minimum Gasteiger partial charge on any atom is -0.306 e. The van der Waals surface area contributed by atoms with Gasteiger partial charge in [-0.05, 0) is 106 Å². The van der Waals surface area contributed by atoms with E-state index in [1.54, 1.807) is 9.80 Å². The largest absolute Gasteiger partial charge is 0.306 e. The van der Waals surface area contributed by atoms with Gasteiger partial charge in [-0.25, -0.2) is 0 Å². The Kier molecular flexibility index (Phi) is 9.37. The predicted octanol–water partition coefficient (Wildman–Crippen LogP) is 7.67. The third kappa shape index (κ3) is 7.19. The van der Waals surface area contributed by atoms with E-state index in [0.29, 0.717) is 13.1 Å². The van der Waals surface area contributed by atoms with Crippen LogP contribution < -0.4 is 9.80 Å². The van der Waals surface area contributed by atoms with Crippen molar-refractivity contribution in [1.29, 1.82) is 0 Å². The third-order valence-electron chi connectivity index (χ3n) is 6.06. The van der Waals surface area contributed by atoms with Gasteiger partial charge in [-0.3, -0.25) is 9.59 Å². The molecular formula is C31H28I2N2O2. The third-order valence-corrected chi connectivity index (χ3v) is 7.79. The van der Waals surface area contributed by atoms with Crippen molar-refractivity contribution in [2.24, 2.45) is 0 Å². The lowest BCUT2D eigenvalue weighted by molar-refractivity contribution is -0.126. The van der Waals surface area contributed by atoms with Gasteiger partial charge in [0.15, 0.2) is 0 Å². The van der Waals surface area contributed by atoms with Crippen LogP contribution in [0.5, 0.6) is 0 Å². The first-order valence-electron chi connectivity index (χ1n) is 12.0. The average molecular weight is 714 g/mol. The molecule has 0 radical (unpaired) electrons. The molecule has 4 aromatic carbocycles. The van der Waals surface area contributed by atoms with E-state index in [0.717, 1.165) is 40.8 Å². The maximum Gasteiger partial charge on any atom is 0.236 e. The summed E-state index contributed by atoms with van der Waals surface area (Å²) in [7, 11) is 0. The molecule has 0 bridgehead atoms. The normalized spacial score (nSPS) is 10.7. The van der Waals surface area contributed by atoms with Crippen LogP contribution in [0.1, 0.15) is 28.7 Å². The monoisotopic (exact) mass is 714 g/mol. The van der Waals surface area contributed by atoms with Crippen LogP contribution >= 0.6 is 45.2 Å². The second-order valence-corrected chi connectivity index (χ2v) is 11.3. The second kappa shape index (κ2) is 12.7. The highest BCUT2D eigenvalue weighted by Crippen LogP contribution is 2.29. The van der Waals surface area contributed by atoms with Gasteiger partial charge in [-0.1, -0.05) is 72.8 Å². The lowest BCUT2D eigenvalue weighted by Gasteiger charge is -2.28. The van der Waals surface area contributed by atoms with E-state index in [-0.39, 0.29) is 18.2 Å². The molecule has 0 fully saturated rings. The summed E-state index contributed by atoms with van der Waals surface area (Å²) < 4.78 is 1.95. The molecule has 0 aromatic heterocycles. The van der Waals surface area contributed by atoms with Gasteiger partial charge in [-0.15, -0.1) is 0 Å². The molecule has 0 saturated carbocycles. The standard InChI is InChI=1S/C31H28I2N2O2/c1-22-13-15-28(26(32)17-22)34(20-24-9-5-3-6-10-24)30(36)19-31(37)35(21-25-11-7-4-8-12-25)29-16-14-23(2)18-27(29)33/h3-18H,19-21H2,1-2H3. The molecule has 0 atom stereocenters. The molecule has 0 heterocycles. The van der Waals surface area contributed by atoms with Gasteiger partial charge < -0.3 is 9.80 Å². The van der Waals surface area contributed by atoms with E-state index in [4.69, 9.17) is 0 Å². The number of benzene rings is 4. The van der Waals surface area contributed by atoms with Gasteiger partial charge in [-0.2, -0.15) is 0 Å². The van der Waals surface area contributed by atoms with E-state index in [1.807, 2.05) is 98.8 Å². The fourth-order valence-corrected chi connectivity index (χ4v) is 6.05. The summed E-state index contributed by atoms with van der Waals surface area (Å²) in [6.07, 6.45) is -0.229. The van der Waals surface area contributed by atoms with Crippen molar-refractivity contribution < 1.29 is 9.59 Å². The fourth-order valence-electron chi connectivity index (χ4n) is 4.13. The quantitative estimate of drug-likeness (QED) is 0.139. The van der Waals surface area contributed by atoms with Gasteiger partial charge in [0.25, 0.3) is 0 Å². The Morgan fingerprint density at radius 2 is 0.973 bits per heavy atom. The first-order chi connectivity index (χ1) is 17.8. The first-order valence-corrected chi connectivity index (χ1v) is 14.2. The molecule has 0 spiro atoms. The van der Waals surface area contributed by atoms with Gasteiger partial charge in [0.2, 0.25) is 11.8 Å². The van der Waals surface area contributed by atoms with Crippen molar-refractivity contribution in [3.05, 3.63) is 126 Å². The molecule has 0 aliphatic heterocycles. The van der Waals surface area contributed by atoms with Crippen LogP contribution in [0.25, 0.3) is 0 Å². The number of hydrogen-bond acceptors (Lipinski definition) is 2. The van der Waals surface area contributed by atoms with Crippen LogP contribution in [0, 0.1) is 21.0 Å². The molecule has 4 rings (SSSR count). The number of hydrogen-bond donors (Lipinski definition) is 0. The maximum atomic E-state index is 13.8. The van der Waals surface area contributed by atoms with Crippen molar-refractivity contribution >= 4 is 68.4 Å². The van der Waals surface area contributed by atoms with E-state index >= 15 is 0 Å². The Morgan fingerprint density at radius 3 is 1.32 bits per heavy atom. The summed E-state index contributed by atoms with van der Waals surface area (Å²) in [4.78, 5) is 31.1. The fraction of sp³-hybridized carbons (Fsp3) is 0.161. The predicted molar refractivity (Wildman–Crippen MR) is 168 cm³/mol. The lowest BCUT2D eigenvalue weighted by atomic mass is 10.1. The van der Waals surface area contributed by atoms with E-state index < -0.39 is 0 Å². The number of carbonyl (C=O) groups is 2. The number of amides is 2. The van der Waals surface area contributed by atoms with Gasteiger partial charge in [0, 0.05) is 7.14 Å². The highest BCUT2D eigenvalue weighted by molar-refractivity contribution is 14.1. The van der Waals surface area contributed by atoms with Crippen molar-refractivity contribution in [3.63, 3.8) is 0 Å². The highest BCUT2D eigenvalue weighted by atomic mass is 127. The lowest BCUT2D eigenvalue weighted by Crippen LogP contribution is -2.38. The number of carbonyl (C=O) groups excluding carboxylic acids is 2. The summed E-state index contributed by atoms with van der Waals surface area (Å²) in [6.45, 7) is 4.85. The zero-order valence-electron chi connectivity index (χ0n) is 20.8. The average Bonchev–Trinajstić information content (AvgIpc) is 2.88. The zero-order chi connectivity index (χ0) is 26.4. The van der Waals surface area contributed by atoms with Crippen molar-refractivity contribution in [2.45, 2.75) is 33.4 Å².